The Balaban J connectivity index is 2.01. The van der Waals surface area contributed by atoms with E-state index in [0.717, 1.165) is 0 Å². The normalized spacial score (nSPS) is 18.8. The van der Waals surface area contributed by atoms with Crippen LogP contribution >= 0.6 is 23.9 Å². The van der Waals surface area contributed by atoms with Crippen molar-refractivity contribution in [2.75, 3.05) is 0 Å². The first-order chi connectivity index (χ1) is 10.3. The van der Waals surface area contributed by atoms with E-state index in [1.807, 2.05) is 0 Å². The Morgan fingerprint density at radius 3 is 1.86 bits per heavy atom. The summed E-state index contributed by atoms with van der Waals surface area (Å²) in [6, 6.07) is 21.9. The first-order valence-corrected chi connectivity index (χ1v) is 9.41. The van der Waals surface area contributed by atoms with Crippen molar-refractivity contribution >= 4 is 34.5 Å². The fourth-order valence-electron chi connectivity index (χ4n) is 2.82. The fourth-order valence-corrected chi connectivity index (χ4v) is 6.53. The number of hydrogen-bond acceptors (Lipinski definition) is 0. The van der Waals surface area contributed by atoms with Gasteiger partial charge in [-0.3, -0.25) is 0 Å². The first kappa shape index (κ1) is 14.8. The van der Waals surface area contributed by atoms with Gasteiger partial charge in [-0.05, 0) is 24.2 Å². The van der Waals surface area contributed by atoms with Crippen LogP contribution in [-0.4, -0.2) is 5.66 Å². The van der Waals surface area contributed by atoms with Crippen molar-refractivity contribution in [1.82, 2.24) is 0 Å². The molecule has 0 fully saturated rings. The van der Waals surface area contributed by atoms with Crippen molar-refractivity contribution in [2.24, 2.45) is 5.92 Å². The summed E-state index contributed by atoms with van der Waals surface area (Å²) < 4.78 is 1.30. The molecule has 0 nitrogen and oxygen atoms in total. The fraction of sp³-hybridized carbons (Fsp3) is 0.158. The van der Waals surface area contributed by atoms with E-state index in [0.29, 0.717) is 11.6 Å². The van der Waals surface area contributed by atoms with Crippen LogP contribution in [0.15, 0.2) is 83.4 Å². The quantitative estimate of drug-likeness (QED) is 0.678. The third-order valence-corrected chi connectivity index (χ3v) is 7.53. The second-order valence-corrected chi connectivity index (χ2v) is 8.75. The molecule has 0 heterocycles. The molecule has 2 aromatic rings. The minimum atomic E-state index is -0.372. The molecule has 2 atom stereocenters. The van der Waals surface area contributed by atoms with Crippen molar-refractivity contribution in [3.8, 4) is 0 Å². The molecule has 3 rings (SSSR count). The topological polar surface area (TPSA) is 0 Å². The summed E-state index contributed by atoms with van der Waals surface area (Å²) in [4.78, 5) is 0. The summed E-state index contributed by atoms with van der Waals surface area (Å²) in [6.07, 6.45) is 6.65. The Morgan fingerprint density at radius 2 is 1.43 bits per heavy atom. The van der Waals surface area contributed by atoms with Gasteiger partial charge in [0, 0.05) is 10.4 Å². The molecule has 0 N–H and O–H groups in total. The van der Waals surface area contributed by atoms with Crippen molar-refractivity contribution < 1.29 is 0 Å². The Kier molecular flexibility index (Phi) is 4.73. The van der Waals surface area contributed by atoms with E-state index in [1.54, 1.807) is 0 Å². The molecule has 106 valence electrons. The molecule has 0 radical (unpaired) electrons. The molecule has 0 aromatic heterocycles. The van der Waals surface area contributed by atoms with Gasteiger partial charge < -0.3 is 0 Å². The molecule has 0 amide bonds. The van der Waals surface area contributed by atoms with E-state index >= 15 is 0 Å². The molecule has 1 aliphatic carbocycles. The SMILES string of the molecule is C[C@@H](C1C=CC=C1Br)P(c1ccccc1)c1ccccc1. The van der Waals surface area contributed by atoms with Gasteiger partial charge in [0.15, 0.2) is 0 Å². The molecular formula is C19H18BrP. The van der Waals surface area contributed by atoms with Crippen LogP contribution in [0.25, 0.3) is 0 Å². The molecule has 0 aliphatic heterocycles. The number of allylic oxidation sites excluding steroid dienone is 4. The molecule has 2 heteroatoms. The van der Waals surface area contributed by atoms with Crippen LogP contribution in [-0.2, 0) is 0 Å². The van der Waals surface area contributed by atoms with Crippen LogP contribution in [0.1, 0.15) is 6.92 Å². The molecule has 0 bridgehead atoms. The molecule has 0 spiro atoms. The van der Waals surface area contributed by atoms with Gasteiger partial charge in [-0.15, -0.1) is 0 Å². The van der Waals surface area contributed by atoms with E-state index < -0.39 is 0 Å². The Morgan fingerprint density at radius 1 is 0.905 bits per heavy atom. The van der Waals surface area contributed by atoms with Gasteiger partial charge >= 0.3 is 0 Å². The van der Waals surface area contributed by atoms with Gasteiger partial charge in [-0.25, -0.2) is 0 Å². The summed E-state index contributed by atoms with van der Waals surface area (Å²) >= 11 is 3.73. The van der Waals surface area contributed by atoms with E-state index in [-0.39, 0.29) is 7.92 Å². The monoisotopic (exact) mass is 356 g/mol. The molecule has 2 aromatic carbocycles. The zero-order valence-electron chi connectivity index (χ0n) is 12.0. The number of benzene rings is 2. The van der Waals surface area contributed by atoms with Crippen LogP contribution < -0.4 is 10.6 Å². The maximum Gasteiger partial charge on any atom is 0.0158 e. The minimum Gasteiger partial charge on any atom is -0.0758 e. The Hall–Kier alpha value is -1.17. The van der Waals surface area contributed by atoms with Gasteiger partial charge in [0.1, 0.15) is 0 Å². The average molecular weight is 357 g/mol. The first-order valence-electron chi connectivity index (χ1n) is 7.20. The van der Waals surface area contributed by atoms with Gasteiger partial charge in [-0.1, -0.05) is 102 Å². The second-order valence-electron chi connectivity index (χ2n) is 5.24. The van der Waals surface area contributed by atoms with Crippen LogP contribution in [0.2, 0.25) is 0 Å². The molecular weight excluding hydrogens is 339 g/mol. The highest BCUT2D eigenvalue weighted by Gasteiger charge is 2.29. The lowest BCUT2D eigenvalue weighted by Crippen LogP contribution is -2.24. The van der Waals surface area contributed by atoms with Crippen LogP contribution in [0.5, 0.6) is 0 Å². The predicted octanol–water partition coefficient (Wildman–Crippen LogP) is 4.97. The third kappa shape index (κ3) is 3.20. The largest absolute Gasteiger partial charge is 0.0758 e. The third-order valence-electron chi connectivity index (χ3n) is 3.89. The highest BCUT2D eigenvalue weighted by molar-refractivity contribution is 9.11. The lowest BCUT2D eigenvalue weighted by Gasteiger charge is -2.29. The van der Waals surface area contributed by atoms with E-state index in [2.05, 4.69) is 102 Å². The molecule has 1 aliphatic rings. The van der Waals surface area contributed by atoms with E-state index in [1.165, 1.54) is 15.1 Å². The molecule has 21 heavy (non-hydrogen) atoms. The minimum absolute atomic E-state index is 0.372. The zero-order chi connectivity index (χ0) is 14.7. The second kappa shape index (κ2) is 6.73. The zero-order valence-corrected chi connectivity index (χ0v) is 14.5. The highest BCUT2D eigenvalue weighted by atomic mass is 79.9. The molecule has 1 unspecified atom stereocenters. The van der Waals surface area contributed by atoms with Crippen LogP contribution in [0.3, 0.4) is 0 Å². The standard InChI is InChI=1S/C19H18BrP/c1-15(18-13-8-14-19(18)20)21(16-9-4-2-5-10-16)17-11-6-3-7-12-17/h2-15,18H,1H3/t15-,18?/m0/s1. The lowest BCUT2D eigenvalue weighted by molar-refractivity contribution is 0.790. The Labute approximate surface area is 136 Å². The molecule has 0 saturated carbocycles. The van der Waals surface area contributed by atoms with Gasteiger partial charge in [0.25, 0.3) is 0 Å². The number of halogens is 1. The van der Waals surface area contributed by atoms with Crippen LogP contribution in [0, 0.1) is 5.92 Å². The van der Waals surface area contributed by atoms with Crippen molar-refractivity contribution in [3.05, 3.63) is 83.4 Å². The predicted molar refractivity (Wildman–Crippen MR) is 98.2 cm³/mol. The maximum absolute atomic E-state index is 3.73. The van der Waals surface area contributed by atoms with E-state index in [4.69, 9.17) is 0 Å². The van der Waals surface area contributed by atoms with Crippen LogP contribution in [0.4, 0.5) is 0 Å². The smallest absolute Gasteiger partial charge is 0.0158 e. The summed E-state index contributed by atoms with van der Waals surface area (Å²) in [5.41, 5.74) is 0.564. The maximum atomic E-state index is 3.73. The van der Waals surface area contributed by atoms with E-state index in [9.17, 15) is 0 Å². The average Bonchev–Trinajstić information content (AvgIpc) is 2.96. The summed E-state index contributed by atoms with van der Waals surface area (Å²) in [5, 5.41) is 2.90. The van der Waals surface area contributed by atoms with Crippen molar-refractivity contribution in [1.29, 1.82) is 0 Å². The van der Waals surface area contributed by atoms with Crippen molar-refractivity contribution in [3.63, 3.8) is 0 Å². The number of hydrogen-bond donors (Lipinski definition) is 0. The van der Waals surface area contributed by atoms with Gasteiger partial charge in [0.2, 0.25) is 0 Å². The van der Waals surface area contributed by atoms with Crippen molar-refractivity contribution in [2.45, 2.75) is 12.6 Å². The summed E-state index contributed by atoms with van der Waals surface area (Å²) in [5.74, 6) is 0.483. The number of rotatable bonds is 4. The summed E-state index contributed by atoms with van der Waals surface area (Å²) in [6.45, 7) is 2.38. The lowest BCUT2D eigenvalue weighted by atomic mass is 10.1. The molecule has 0 saturated heterocycles. The summed E-state index contributed by atoms with van der Waals surface area (Å²) in [7, 11) is -0.372. The van der Waals surface area contributed by atoms with Gasteiger partial charge in [0.05, 0.1) is 0 Å². The van der Waals surface area contributed by atoms with Gasteiger partial charge in [-0.2, -0.15) is 0 Å². The Bertz CT molecular complexity index is 606. The highest BCUT2D eigenvalue weighted by Crippen LogP contribution is 2.47.